The van der Waals surface area contributed by atoms with Gasteiger partial charge in [0.15, 0.2) is 0 Å². The molecule has 1 saturated carbocycles. The number of rotatable bonds is 4. The Bertz CT molecular complexity index is 663. The number of thioether (sulfide) groups is 1. The minimum absolute atomic E-state index is 0.0228. The number of carbonyl (C=O) groups excluding carboxylic acids is 2. The highest BCUT2D eigenvalue weighted by atomic mass is 32.2. The second-order valence-corrected chi connectivity index (χ2v) is 9.34. The first kappa shape index (κ1) is 17.9. The Morgan fingerprint density at radius 1 is 1.04 bits per heavy atom. The molecule has 3 fully saturated rings. The van der Waals surface area contributed by atoms with Crippen LogP contribution in [0.2, 0.25) is 0 Å². The smallest absolute Gasteiger partial charge is 0.227 e. The van der Waals surface area contributed by atoms with Crippen LogP contribution in [-0.4, -0.2) is 52.5 Å². The third kappa shape index (κ3) is 4.08. The van der Waals surface area contributed by atoms with Gasteiger partial charge in [-0.15, -0.1) is 11.8 Å². The number of carbonyl (C=O) groups is 2. The minimum Gasteiger partial charge on any atom is -0.342 e. The van der Waals surface area contributed by atoms with Gasteiger partial charge in [0.05, 0.1) is 5.92 Å². The van der Waals surface area contributed by atoms with Crippen molar-refractivity contribution in [2.75, 3.05) is 19.6 Å². The van der Waals surface area contributed by atoms with Crippen LogP contribution in [0.5, 0.6) is 0 Å². The van der Waals surface area contributed by atoms with E-state index in [1.807, 2.05) is 16.7 Å². The van der Waals surface area contributed by atoms with Crippen molar-refractivity contribution in [1.82, 2.24) is 9.80 Å². The van der Waals surface area contributed by atoms with Crippen LogP contribution in [0.1, 0.15) is 44.1 Å². The summed E-state index contributed by atoms with van der Waals surface area (Å²) in [6.45, 7) is 4.48. The number of amides is 2. The summed E-state index contributed by atoms with van der Waals surface area (Å²) >= 11 is 1.94. The molecule has 5 heteroatoms. The van der Waals surface area contributed by atoms with Gasteiger partial charge in [-0.2, -0.15) is 0 Å². The summed E-state index contributed by atoms with van der Waals surface area (Å²) in [7, 11) is 0. The van der Waals surface area contributed by atoms with E-state index in [0.29, 0.717) is 24.3 Å². The van der Waals surface area contributed by atoms with Crippen molar-refractivity contribution in [1.29, 1.82) is 0 Å². The van der Waals surface area contributed by atoms with Gasteiger partial charge in [-0.25, -0.2) is 0 Å². The molecule has 0 radical (unpaired) electrons. The molecule has 0 bridgehead atoms. The first-order valence-corrected chi connectivity index (χ1v) is 10.8. The van der Waals surface area contributed by atoms with Crippen LogP contribution in [-0.2, 0) is 9.59 Å². The summed E-state index contributed by atoms with van der Waals surface area (Å²) in [6.07, 6.45) is 5.64. The van der Waals surface area contributed by atoms with E-state index < -0.39 is 0 Å². The predicted octanol–water partition coefficient (Wildman–Crippen LogP) is 3.48. The topological polar surface area (TPSA) is 40.6 Å². The molecule has 140 valence electrons. The third-order valence-corrected chi connectivity index (χ3v) is 7.21. The molecule has 4 rings (SSSR count). The maximum Gasteiger partial charge on any atom is 0.227 e. The normalized spacial score (nSPS) is 24.8. The lowest BCUT2D eigenvalue weighted by Gasteiger charge is -2.37. The van der Waals surface area contributed by atoms with E-state index in [4.69, 9.17) is 0 Å². The van der Waals surface area contributed by atoms with Crippen LogP contribution < -0.4 is 0 Å². The van der Waals surface area contributed by atoms with Gasteiger partial charge >= 0.3 is 0 Å². The summed E-state index contributed by atoms with van der Waals surface area (Å²) in [6, 6.07) is 9.15. The largest absolute Gasteiger partial charge is 0.342 e. The zero-order valence-corrected chi connectivity index (χ0v) is 16.3. The molecular weight excluding hydrogens is 344 g/mol. The molecular formula is C21H28N2O2S. The molecule has 0 aromatic heterocycles. The fourth-order valence-corrected chi connectivity index (χ4v) is 5.20. The number of nitrogens with zero attached hydrogens (tertiary/aromatic N) is 2. The summed E-state index contributed by atoms with van der Waals surface area (Å²) in [4.78, 5) is 30.3. The van der Waals surface area contributed by atoms with Crippen molar-refractivity contribution < 1.29 is 9.59 Å². The molecule has 2 heterocycles. The van der Waals surface area contributed by atoms with Crippen LogP contribution in [0.15, 0.2) is 29.2 Å². The van der Waals surface area contributed by atoms with E-state index in [9.17, 15) is 9.59 Å². The molecule has 0 unspecified atom stereocenters. The van der Waals surface area contributed by atoms with Crippen LogP contribution in [0, 0.1) is 12.8 Å². The summed E-state index contributed by atoms with van der Waals surface area (Å²) < 4.78 is 0. The summed E-state index contributed by atoms with van der Waals surface area (Å²) in [5.74, 6) is 0.557. The fourth-order valence-electron chi connectivity index (χ4n) is 4.07. The van der Waals surface area contributed by atoms with Crippen molar-refractivity contribution >= 4 is 23.6 Å². The standard InChI is InChI=1S/C21H28N2O2S/c1-15-2-7-18(8-3-15)26-19-10-12-22(13-11-19)21(25)16-4-9-20(24)23(14-16)17-5-6-17/h2-3,7-8,16-17,19H,4-6,9-14H2,1H3/t16-/m1/s1. The van der Waals surface area contributed by atoms with Crippen LogP contribution in [0.4, 0.5) is 0 Å². The maximum atomic E-state index is 12.9. The molecule has 2 amide bonds. The van der Waals surface area contributed by atoms with E-state index in [1.165, 1.54) is 10.5 Å². The number of aryl methyl sites for hydroxylation is 1. The first-order chi connectivity index (χ1) is 12.6. The molecule has 1 atom stereocenters. The zero-order valence-electron chi connectivity index (χ0n) is 15.5. The maximum absolute atomic E-state index is 12.9. The van der Waals surface area contributed by atoms with Crippen LogP contribution in [0.3, 0.4) is 0 Å². The van der Waals surface area contributed by atoms with Crippen molar-refractivity contribution in [3.8, 4) is 0 Å². The molecule has 3 aliphatic rings. The monoisotopic (exact) mass is 372 g/mol. The van der Waals surface area contributed by atoms with Gasteiger partial charge in [0.25, 0.3) is 0 Å². The van der Waals surface area contributed by atoms with Crippen molar-refractivity contribution in [3.63, 3.8) is 0 Å². The van der Waals surface area contributed by atoms with Gasteiger partial charge in [-0.05, 0) is 51.2 Å². The zero-order chi connectivity index (χ0) is 18.1. The molecule has 0 N–H and O–H groups in total. The average molecular weight is 373 g/mol. The molecule has 2 aliphatic heterocycles. The van der Waals surface area contributed by atoms with E-state index >= 15 is 0 Å². The van der Waals surface area contributed by atoms with Crippen LogP contribution in [0.25, 0.3) is 0 Å². The van der Waals surface area contributed by atoms with Gasteiger partial charge < -0.3 is 9.80 Å². The summed E-state index contributed by atoms with van der Waals surface area (Å²) in [5.41, 5.74) is 1.29. The Kier molecular flexibility index (Phi) is 5.25. The average Bonchev–Trinajstić information content (AvgIpc) is 3.49. The number of hydrogen-bond acceptors (Lipinski definition) is 3. The fraction of sp³-hybridized carbons (Fsp3) is 0.619. The van der Waals surface area contributed by atoms with E-state index in [1.54, 1.807) is 0 Å². The van der Waals surface area contributed by atoms with E-state index in [2.05, 4.69) is 36.1 Å². The molecule has 26 heavy (non-hydrogen) atoms. The van der Waals surface area contributed by atoms with Crippen LogP contribution >= 0.6 is 11.8 Å². The first-order valence-electron chi connectivity index (χ1n) is 9.92. The number of piperidine rings is 2. The third-order valence-electron chi connectivity index (χ3n) is 5.86. The Labute approximate surface area is 160 Å². The molecule has 1 aromatic carbocycles. The quantitative estimate of drug-likeness (QED) is 0.812. The lowest BCUT2D eigenvalue weighted by atomic mass is 9.95. The van der Waals surface area contributed by atoms with Crippen molar-refractivity contribution in [2.45, 2.75) is 61.6 Å². The Morgan fingerprint density at radius 3 is 2.38 bits per heavy atom. The van der Waals surface area contributed by atoms with Gasteiger partial charge in [0.1, 0.15) is 0 Å². The lowest BCUT2D eigenvalue weighted by molar-refractivity contribution is -0.144. The predicted molar refractivity (Wildman–Crippen MR) is 104 cm³/mol. The number of likely N-dealkylation sites (tertiary alicyclic amines) is 2. The number of benzene rings is 1. The van der Waals surface area contributed by atoms with E-state index in [-0.39, 0.29) is 17.7 Å². The lowest BCUT2D eigenvalue weighted by Crippen LogP contribution is -2.49. The van der Waals surface area contributed by atoms with Crippen molar-refractivity contribution in [3.05, 3.63) is 29.8 Å². The van der Waals surface area contributed by atoms with Gasteiger partial charge in [-0.1, -0.05) is 17.7 Å². The second kappa shape index (κ2) is 7.63. The molecule has 2 saturated heterocycles. The highest BCUT2D eigenvalue weighted by molar-refractivity contribution is 8.00. The highest BCUT2D eigenvalue weighted by Gasteiger charge is 2.40. The Hall–Kier alpha value is -1.49. The summed E-state index contributed by atoms with van der Waals surface area (Å²) in [5, 5.41) is 0.595. The molecule has 1 aliphatic carbocycles. The highest BCUT2D eigenvalue weighted by Crippen LogP contribution is 2.34. The Balaban J connectivity index is 1.28. The number of hydrogen-bond donors (Lipinski definition) is 0. The molecule has 1 aromatic rings. The van der Waals surface area contributed by atoms with Crippen molar-refractivity contribution in [2.24, 2.45) is 5.92 Å². The SMILES string of the molecule is Cc1ccc(SC2CCN(C(=O)[C@@H]3CCC(=O)N(C4CC4)C3)CC2)cc1. The molecule has 4 nitrogen and oxygen atoms in total. The Morgan fingerprint density at radius 2 is 1.73 bits per heavy atom. The van der Waals surface area contributed by atoms with Gasteiger partial charge in [0, 0.05) is 42.2 Å². The van der Waals surface area contributed by atoms with E-state index in [0.717, 1.165) is 45.2 Å². The molecule has 0 spiro atoms. The van der Waals surface area contributed by atoms with Gasteiger partial charge in [0.2, 0.25) is 11.8 Å². The minimum atomic E-state index is 0.0228. The van der Waals surface area contributed by atoms with Gasteiger partial charge in [-0.3, -0.25) is 9.59 Å². The second-order valence-electron chi connectivity index (χ2n) is 7.97.